The molecule has 0 saturated carbocycles. The second-order valence-corrected chi connectivity index (χ2v) is 10.2. The second kappa shape index (κ2) is 10.5. The van der Waals surface area contributed by atoms with Crippen LogP contribution in [0, 0.1) is 22.6 Å². The SMILES string of the molecule is CS(=O)(=O)OCc1cc(Cl)ccc1OCC(=O)N1CCC(C#N)(Cc2ccc(F)cc2)CC1. The van der Waals surface area contributed by atoms with Gasteiger partial charge < -0.3 is 9.64 Å². The number of carbonyl (C=O) groups excluding carboxylic acids is 1. The van der Waals surface area contributed by atoms with E-state index in [2.05, 4.69) is 6.07 Å². The van der Waals surface area contributed by atoms with Crippen LogP contribution >= 0.6 is 11.6 Å². The predicted octanol–water partition coefficient (Wildman–Crippen LogP) is 3.71. The smallest absolute Gasteiger partial charge is 0.264 e. The lowest BCUT2D eigenvalue weighted by Gasteiger charge is -2.37. The lowest BCUT2D eigenvalue weighted by Crippen LogP contribution is -2.45. The van der Waals surface area contributed by atoms with Gasteiger partial charge in [0.15, 0.2) is 6.61 Å². The van der Waals surface area contributed by atoms with Gasteiger partial charge in [-0.3, -0.25) is 8.98 Å². The molecule has 1 saturated heterocycles. The zero-order valence-corrected chi connectivity index (χ0v) is 19.7. The number of benzene rings is 2. The normalized spacial score (nSPS) is 15.6. The van der Waals surface area contributed by atoms with E-state index in [1.54, 1.807) is 29.2 Å². The average molecular weight is 495 g/mol. The summed E-state index contributed by atoms with van der Waals surface area (Å²) in [5.74, 6) is -0.263. The van der Waals surface area contributed by atoms with Crippen molar-refractivity contribution in [3.63, 3.8) is 0 Å². The van der Waals surface area contributed by atoms with Gasteiger partial charge in [-0.2, -0.15) is 13.7 Å². The molecule has 176 valence electrons. The predicted molar refractivity (Wildman–Crippen MR) is 121 cm³/mol. The van der Waals surface area contributed by atoms with Crippen molar-refractivity contribution < 1.29 is 26.5 Å². The Kier molecular flexibility index (Phi) is 7.95. The summed E-state index contributed by atoms with van der Waals surface area (Å²) in [7, 11) is -3.66. The van der Waals surface area contributed by atoms with Gasteiger partial charge in [0.05, 0.1) is 24.3 Å². The minimum absolute atomic E-state index is 0.242. The molecule has 1 aliphatic heterocycles. The van der Waals surface area contributed by atoms with Crippen LogP contribution in [0.4, 0.5) is 4.39 Å². The fraction of sp³-hybridized carbons (Fsp3) is 0.391. The highest BCUT2D eigenvalue weighted by atomic mass is 35.5. The van der Waals surface area contributed by atoms with Crippen molar-refractivity contribution in [3.05, 3.63) is 64.4 Å². The van der Waals surface area contributed by atoms with Crippen LogP contribution < -0.4 is 4.74 Å². The van der Waals surface area contributed by atoms with Gasteiger partial charge in [0.1, 0.15) is 11.6 Å². The number of ether oxygens (including phenoxy) is 1. The summed E-state index contributed by atoms with van der Waals surface area (Å²) in [6.45, 7) is 0.301. The maximum Gasteiger partial charge on any atom is 0.264 e. The van der Waals surface area contributed by atoms with Crippen molar-refractivity contribution >= 4 is 27.6 Å². The first kappa shape index (κ1) is 25.0. The standard InChI is InChI=1S/C23H24ClFN2O5S/c1-33(29,30)32-14-18-12-19(24)4-7-21(18)31-15-22(28)27-10-8-23(16-26,9-11-27)13-17-2-5-20(25)6-3-17/h2-7,12H,8-11,13-15H2,1H3. The first-order valence-corrected chi connectivity index (χ1v) is 12.5. The first-order chi connectivity index (χ1) is 15.6. The molecule has 1 aliphatic rings. The number of amides is 1. The van der Waals surface area contributed by atoms with E-state index < -0.39 is 15.5 Å². The Bertz CT molecular complexity index is 1140. The molecule has 2 aromatic rings. The zero-order valence-electron chi connectivity index (χ0n) is 18.1. The highest BCUT2D eigenvalue weighted by Crippen LogP contribution is 2.35. The number of piperidine rings is 1. The van der Waals surface area contributed by atoms with E-state index in [1.807, 2.05) is 0 Å². The highest BCUT2D eigenvalue weighted by molar-refractivity contribution is 7.85. The lowest BCUT2D eigenvalue weighted by molar-refractivity contribution is -0.135. The summed E-state index contributed by atoms with van der Waals surface area (Å²) in [6.07, 6.45) is 2.44. The molecule has 0 atom stereocenters. The number of carbonyl (C=O) groups is 1. The average Bonchev–Trinajstić information content (AvgIpc) is 2.78. The summed E-state index contributed by atoms with van der Waals surface area (Å²) >= 11 is 5.98. The molecule has 7 nitrogen and oxygen atoms in total. The molecule has 0 aliphatic carbocycles. The van der Waals surface area contributed by atoms with Crippen LogP contribution in [0.25, 0.3) is 0 Å². The fourth-order valence-corrected chi connectivity index (χ4v) is 4.24. The molecule has 0 spiro atoms. The Morgan fingerprint density at radius 1 is 1.21 bits per heavy atom. The molecule has 2 aromatic carbocycles. The maximum atomic E-state index is 13.2. The molecule has 0 aromatic heterocycles. The minimum atomic E-state index is -3.66. The van der Waals surface area contributed by atoms with E-state index in [4.69, 9.17) is 20.5 Å². The summed E-state index contributed by atoms with van der Waals surface area (Å²) in [4.78, 5) is 14.3. The quantitative estimate of drug-likeness (QED) is 0.519. The van der Waals surface area contributed by atoms with E-state index in [-0.39, 0.29) is 24.9 Å². The number of halogens is 2. The molecular weight excluding hydrogens is 471 g/mol. The van der Waals surface area contributed by atoms with Crippen LogP contribution in [0.2, 0.25) is 5.02 Å². The molecule has 3 rings (SSSR count). The molecule has 10 heteroatoms. The molecule has 0 unspecified atom stereocenters. The van der Waals surface area contributed by atoms with Gasteiger partial charge >= 0.3 is 0 Å². The van der Waals surface area contributed by atoms with E-state index in [9.17, 15) is 22.9 Å². The van der Waals surface area contributed by atoms with Crippen LogP contribution in [0.3, 0.4) is 0 Å². The molecule has 0 N–H and O–H groups in total. The van der Waals surface area contributed by atoms with Crippen molar-refractivity contribution in [1.82, 2.24) is 4.90 Å². The Morgan fingerprint density at radius 3 is 2.48 bits per heavy atom. The van der Waals surface area contributed by atoms with Crippen LogP contribution in [0.5, 0.6) is 5.75 Å². The third-order valence-corrected chi connectivity index (χ3v) is 6.35. The Balaban J connectivity index is 1.57. The fourth-order valence-electron chi connectivity index (χ4n) is 3.71. The molecule has 0 bridgehead atoms. The van der Waals surface area contributed by atoms with Crippen molar-refractivity contribution in [2.45, 2.75) is 25.9 Å². The molecule has 1 heterocycles. The van der Waals surface area contributed by atoms with Crippen molar-refractivity contribution in [2.24, 2.45) is 5.41 Å². The van der Waals surface area contributed by atoms with E-state index in [1.165, 1.54) is 18.2 Å². The van der Waals surface area contributed by atoms with Gasteiger partial charge in [0, 0.05) is 23.7 Å². The van der Waals surface area contributed by atoms with Gasteiger partial charge in [-0.05, 0) is 55.2 Å². The Morgan fingerprint density at radius 2 is 1.88 bits per heavy atom. The number of likely N-dealkylation sites (tertiary alicyclic amines) is 1. The van der Waals surface area contributed by atoms with Crippen LogP contribution in [-0.4, -0.2) is 45.2 Å². The molecule has 33 heavy (non-hydrogen) atoms. The lowest BCUT2D eigenvalue weighted by atomic mass is 9.75. The summed E-state index contributed by atoms with van der Waals surface area (Å²) in [5, 5.41) is 10.2. The van der Waals surface area contributed by atoms with Crippen molar-refractivity contribution in [2.75, 3.05) is 26.0 Å². The topological polar surface area (TPSA) is 96.7 Å². The van der Waals surface area contributed by atoms with E-state index in [0.29, 0.717) is 48.7 Å². The van der Waals surface area contributed by atoms with Crippen LogP contribution in [0.15, 0.2) is 42.5 Å². The largest absolute Gasteiger partial charge is 0.483 e. The van der Waals surface area contributed by atoms with Crippen LogP contribution in [-0.2, 0) is 32.1 Å². The van der Waals surface area contributed by atoms with Gasteiger partial charge in [0.25, 0.3) is 16.0 Å². The highest BCUT2D eigenvalue weighted by Gasteiger charge is 2.36. The van der Waals surface area contributed by atoms with Crippen molar-refractivity contribution in [1.29, 1.82) is 5.26 Å². The van der Waals surface area contributed by atoms with E-state index in [0.717, 1.165) is 11.8 Å². The minimum Gasteiger partial charge on any atom is -0.483 e. The third-order valence-electron chi connectivity index (χ3n) is 5.57. The number of hydrogen-bond acceptors (Lipinski definition) is 6. The van der Waals surface area contributed by atoms with Gasteiger partial charge in [-0.25, -0.2) is 4.39 Å². The van der Waals surface area contributed by atoms with E-state index >= 15 is 0 Å². The molecule has 1 amide bonds. The number of nitriles is 1. The summed E-state index contributed by atoms with van der Waals surface area (Å²) < 4.78 is 46.2. The van der Waals surface area contributed by atoms with Gasteiger partial charge in [-0.15, -0.1) is 0 Å². The number of nitrogens with zero attached hydrogens (tertiary/aromatic N) is 2. The number of rotatable bonds is 8. The summed E-state index contributed by atoms with van der Waals surface area (Å²) in [6, 6.07) is 13.2. The number of hydrogen-bond donors (Lipinski definition) is 0. The molecular formula is C23H24ClFN2O5S. The second-order valence-electron chi connectivity index (χ2n) is 8.08. The zero-order chi connectivity index (χ0) is 24.1. The maximum absolute atomic E-state index is 13.2. The Hall–Kier alpha value is -2.67. The van der Waals surface area contributed by atoms with Crippen molar-refractivity contribution in [3.8, 4) is 11.8 Å². The Labute approximate surface area is 197 Å². The third kappa shape index (κ3) is 7.16. The van der Waals surface area contributed by atoms with Crippen LogP contribution in [0.1, 0.15) is 24.0 Å². The van der Waals surface area contributed by atoms with Gasteiger partial charge in [0.2, 0.25) is 0 Å². The van der Waals surface area contributed by atoms with Gasteiger partial charge in [-0.1, -0.05) is 23.7 Å². The molecule has 1 fully saturated rings. The molecule has 0 radical (unpaired) electrons. The first-order valence-electron chi connectivity index (χ1n) is 10.3. The monoisotopic (exact) mass is 494 g/mol. The summed E-state index contributed by atoms with van der Waals surface area (Å²) in [5.41, 5.74) is 0.678.